The van der Waals surface area contributed by atoms with Crippen LogP contribution < -0.4 is 5.32 Å². The minimum absolute atomic E-state index is 0.0780. The zero-order valence-electron chi connectivity index (χ0n) is 17.3. The molecule has 0 saturated heterocycles. The highest BCUT2D eigenvalue weighted by Gasteiger charge is 2.48. The second-order valence-electron chi connectivity index (χ2n) is 7.22. The van der Waals surface area contributed by atoms with Crippen molar-refractivity contribution in [1.82, 2.24) is 5.32 Å². The standard InChI is InChI=1S/C22H33NO5/c1-4-5-6-7-8-9-10-18-11-13-19(14-12-18)15-16-22(20(25)26,21(27)28-3)23-17(2)24/h11-14H,4-10,15-16H2,1-3H3,(H,23,24)(H,25,26). The maximum absolute atomic E-state index is 12.1. The number of hydrogen-bond acceptors (Lipinski definition) is 4. The van der Waals surface area contributed by atoms with Gasteiger partial charge < -0.3 is 15.2 Å². The average Bonchev–Trinajstić information content (AvgIpc) is 2.67. The van der Waals surface area contributed by atoms with E-state index in [0.717, 1.165) is 25.5 Å². The number of amides is 1. The van der Waals surface area contributed by atoms with E-state index in [9.17, 15) is 19.5 Å². The second-order valence-corrected chi connectivity index (χ2v) is 7.22. The molecule has 2 N–H and O–H groups in total. The van der Waals surface area contributed by atoms with Gasteiger partial charge in [0.1, 0.15) is 0 Å². The molecule has 0 aliphatic carbocycles. The Balaban J connectivity index is 2.65. The molecule has 0 aromatic heterocycles. The first kappa shape index (κ1) is 23.7. The molecule has 1 unspecified atom stereocenters. The quantitative estimate of drug-likeness (QED) is 0.304. The zero-order valence-corrected chi connectivity index (χ0v) is 17.3. The third-order valence-electron chi connectivity index (χ3n) is 4.92. The van der Waals surface area contributed by atoms with Crippen molar-refractivity contribution in [3.05, 3.63) is 35.4 Å². The van der Waals surface area contributed by atoms with E-state index in [-0.39, 0.29) is 6.42 Å². The van der Waals surface area contributed by atoms with Crippen molar-refractivity contribution in [2.75, 3.05) is 7.11 Å². The van der Waals surface area contributed by atoms with E-state index >= 15 is 0 Å². The maximum Gasteiger partial charge on any atom is 0.343 e. The Bertz CT molecular complexity index is 641. The first-order valence-corrected chi connectivity index (χ1v) is 10.0. The Morgan fingerprint density at radius 1 is 0.964 bits per heavy atom. The predicted molar refractivity (Wildman–Crippen MR) is 108 cm³/mol. The monoisotopic (exact) mass is 391 g/mol. The summed E-state index contributed by atoms with van der Waals surface area (Å²) in [6.07, 6.45) is 8.81. The first-order valence-electron chi connectivity index (χ1n) is 10.0. The van der Waals surface area contributed by atoms with Crippen molar-refractivity contribution >= 4 is 17.8 Å². The molecule has 0 fully saturated rings. The molecule has 156 valence electrons. The largest absolute Gasteiger partial charge is 0.479 e. The Labute approximate surface area is 167 Å². The summed E-state index contributed by atoms with van der Waals surface area (Å²) in [4.78, 5) is 35.3. The Hall–Kier alpha value is -2.37. The van der Waals surface area contributed by atoms with Crippen LogP contribution in [0.2, 0.25) is 0 Å². The number of hydrogen-bond donors (Lipinski definition) is 2. The zero-order chi connectivity index (χ0) is 21.0. The number of aliphatic carboxylic acids is 1. The van der Waals surface area contributed by atoms with Gasteiger partial charge in [0.05, 0.1) is 7.11 Å². The number of benzene rings is 1. The van der Waals surface area contributed by atoms with Crippen LogP contribution in [0, 0.1) is 0 Å². The molecule has 1 rings (SSSR count). The summed E-state index contributed by atoms with van der Waals surface area (Å²) in [5, 5.41) is 11.8. The van der Waals surface area contributed by atoms with Crippen LogP contribution in [-0.2, 0) is 32.0 Å². The molecule has 28 heavy (non-hydrogen) atoms. The van der Waals surface area contributed by atoms with Crippen LogP contribution in [0.4, 0.5) is 0 Å². The number of unbranched alkanes of at least 4 members (excludes halogenated alkanes) is 5. The molecule has 0 bridgehead atoms. The normalized spacial score (nSPS) is 12.8. The molecule has 0 aliphatic rings. The van der Waals surface area contributed by atoms with Crippen LogP contribution in [0.3, 0.4) is 0 Å². The number of carboxylic acid groups (broad SMARTS) is 1. The molecule has 0 heterocycles. The van der Waals surface area contributed by atoms with E-state index in [1.165, 1.54) is 44.6 Å². The van der Waals surface area contributed by atoms with Crippen molar-refractivity contribution in [3.63, 3.8) is 0 Å². The Morgan fingerprint density at radius 3 is 2.00 bits per heavy atom. The molecule has 1 amide bonds. The second kappa shape index (κ2) is 12.2. The number of nitrogens with one attached hydrogen (secondary N) is 1. The third-order valence-corrected chi connectivity index (χ3v) is 4.92. The topological polar surface area (TPSA) is 92.7 Å². The number of carbonyl (C=O) groups is 3. The van der Waals surface area contributed by atoms with E-state index in [1.54, 1.807) is 0 Å². The third kappa shape index (κ3) is 7.33. The van der Waals surface area contributed by atoms with E-state index in [4.69, 9.17) is 0 Å². The van der Waals surface area contributed by atoms with E-state index in [2.05, 4.69) is 17.0 Å². The van der Waals surface area contributed by atoms with Crippen molar-refractivity contribution in [2.24, 2.45) is 0 Å². The van der Waals surface area contributed by atoms with E-state index in [1.807, 2.05) is 24.3 Å². The van der Waals surface area contributed by atoms with Gasteiger partial charge in [-0.2, -0.15) is 0 Å². The number of rotatable bonds is 13. The fourth-order valence-corrected chi connectivity index (χ4v) is 3.25. The Morgan fingerprint density at radius 2 is 1.50 bits per heavy atom. The molecule has 0 saturated carbocycles. The van der Waals surface area contributed by atoms with Gasteiger partial charge in [0.25, 0.3) is 0 Å². The van der Waals surface area contributed by atoms with Gasteiger partial charge >= 0.3 is 11.9 Å². The van der Waals surface area contributed by atoms with E-state index in [0.29, 0.717) is 6.42 Å². The van der Waals surface area contributed by atoms with Crippen LogP contribution in [0.25, 0.3) is 0 Å². The summed E-state index contributed by atoms with van der Waals surface area (Å²) < 4.78 is 4.63. The molecule has 1 aromatic rings. The number of carboxylic acids is 1. The van der Waals surface area contributed by atoms with Crippen molar-refractivity contribution < 1.29 is 24.2 Å². The van der Waals surface area contributed by atoms with Gasteiger partial charge in [0.2, 0.25) is 11.4 Å². The molecular formula is C22H33NO5. The first-order chi connectivity index (χ1) is 13.4. The average molecular weight is 392 g/mol. The number of carbonyl (C=O) groups excluding carboxylic acids is 2. The molecular weight excluding hydrogens is 358 g/mol. The maximum atomic E-state index is 12.1. The van der Waals surface area contributed by atoms with Crippen molar-refractivity contribution in [3.8, 4) is 0 Å². The molecule has 1 atom stereocenters. The SMILES string of the molecule is CCCCCCCCc1ccc(CCC(NC(C)=O)(C(=O)O)C(=O)OC)cc1. The van der Waals surface area contributed by atoms with Gasteiger partial charge in [-0.15, -0.1) is 0 Å². The minimum Gasteiger partial charge on any atom is -0.479 e. The summed E-state index contributed by atoms with van der Waals surface area (Å²) in [5.41, 5.74) is 0.0859. The molecule has 0 spiro atoms. The summed E-state index contributed by atoms with van der Waals surface area (Å²) in [5.74, 6) is -2.99. The number of esters is 1. The van der Waals surface area contributed by atoms with Gasteiger partial charge in [-0.25, -0.2) is 9.59 Å². The van der Waals surface area contributed by atoms with Crippen LogP contribution in [0.15, 0.2) is 24.3 Å². The van der Waals surface area contributed by atoms with Gasteiger partial charge in [-0.1, -0.05) is 63.3 Å². The van der Waals surface area contributed by atoms with Crippen molar-refractivity contribution in [2.45, 2.75) is 77.2 Å². The molecule has 1 aromatic carbocycles. The van der Waals surface area contributed by atoms with Crippen LogP contribution in [0.5, 0.6) is 0 Å². The number of methoxy groups -OCH3 is 1. The lowest BCUT2D eigenvalue weighted by Crippen LogP contribution is -2.60. The highest BCUT2D eigenvalue weighted by atomic mass is 16.5. The summed E-state index contributed by atoms with van der Waals surface area (Å²) in [7, 11) is 1.11. The number of aryl methyl sites for hydroxylation is 2. The fourth-order valence-electron chi connectivity index (χ4n) is 3.25. The summed E-state index contributed by atoms with van der Waals surface area (Å²) in [6.45, 7) is 3.39. The lowest BCUT2D eigenvalue weighted by atomic mass is 9.90. The van der Waals surface area contributed by atoms with Gasteiger partial charge in [-0.05, 0) is 36.8 Å². The van der Waals surface area contributed by atoms with Gasteiger partial charge in [0, 0.05) is 6.92 Å². The molecule has 0 aliphatic heterocycles. The lowest BCUT2D eigenvalue weighted by Gasteiger charge is -2.27. The lowest BCUT2D eigenvalue weighted by molar-refractivity contribution is -0.163. The van der Waals surface area contributed by atoms with Crippen LogP contribution >= 0.6 is 0 Å². The fraction of sp³-hybridized carbons (Fsp3) is 0.591. The predicted octanol–water partition coefficient (Wildman–Crippen LogP) is 3.65. The highest BCUT2D eigenvalue weighted by Crippen LogP contribution is 2.19. The van der Waals surface area contributed by atoms with E-state index < -0.39 is 23.4 Å². The molecule has 6 nitrogen and oxygen atoms in total. The number of ether oxygens (including phenoxy) is 1. The summed E-state index contributed by atoms with van der Waals surface area (Å²) >= 11 is 0. The van der Waals surface area contributed by atoms with Crippen molar-refractivity contribution in [1.29, 1.82) is 0 Å². The Kier molecular flexibility index (Phi) is 10.3. The van der Waals surface area contributed by atoms with Gasteiger partial charge in [-0.3, -0.25) is 4.79 Å². The van der Waals surface area contributed by atoms with Gasteiger partial charge in [0.15, 0.2) is 0 Å². The highest BCUT2D eigenvalue weighted by molar-refractivity contribution is 6.06. The minimum atomic E-state index is -2.07. The van der Waals surface area contributed by atoms with Crippen LogP contribution in [0.1, 0.15) is 69.9 Å². The molecule has 0 radical (unpaired) electrons. The summed E-state index contributed by atoms with van der Waals surface area (Å²) in [6, 6.07) is 7.98. The molecule has 6 heteroatoms. The smallest absolute Gasteiger partial charge is 0.343 e. The van der Waals surface area contributed by atoms with Crippen LogP contribution in [-0.4, -0.2) is 35.6 Å².